The Morgan fingerprint density at radius 3 is 3.20 bits per heavy atom. The van der Waals surface area contributed by atoms with Gasteiger partial charge in [0.15, 0.2) is 5.58 Å². The van der Waals surface area contributed by atoms with Gasteiger partial charge < -0.3 is 14.6 Å². The third-order valence-corrected chi connectivity index (χ3v) is 4.69. The molecule has 7 heteroatoms. The molecule has 0 spiro atoms. The van der Waals surface area contributed by atoms with Gasteiger partial charge in [0.05, 0.1) is 4.47 Å². The number of nitrogens with zero attached hydrogens (tertiary/aromatic N) is 3. The normalized spacial score (nSPS) is 20.4. The van der Waals surface area contributed by atoms with Crippen molar-refractivity contribution < 1.29 is 4.42 Å². The van der Waals surface area contributed by atoms with Crippen LogP contribution in [0.25, 0.3) is 11.2 Å². The fraction of sp³-hybridized carbons (Fsp3) is 0.538. The van der Waals surface area contributed by atoms with Crippen molar-refractivity contribution in [1.29, 1.82) is 0 Å². The molecule has 3 heterocycles. The van der Waals surface area contributed by atoms with Crippen molar-refractivity contribution in [1.82, 2.24) is 14.9 Å². The molecule has 0 radical (unpaired) electrons. The number of rotatable bonds is 3. The lowest BCUT2D eigenvalue weighted by Crippen LogP contribution is -2.41. The summed E-state index contributed by atoms with van der Waals surface area (Å²) >= 11 is 9.29. The number of aromatic nitrogens is 2. The predicted octanol–water partition coefficient (Wildman–Crippen LogP) is 3.53. The molecule has 2 aromatic rings. The highest BCUT2D eigenvalue weighted by Crippen LogP contribution is 2.27. The van der Waals surface area contributed by atoms with Crippen molar-refractivity contribution in [2.45, 2.75) is 25.8 Å². The van der Waals surface area contributed by atoms with Crippen molar-refractivity contribution in [3.8, 4) is 0 Å². The van der Waals surface area contributed by atoms with Crippen LogP contribution in [0.4, 0.5) is 6.01 Å². The lowest BCUT2D eigenvalue weighted by Gasteiger charge is -2.31. The first-order chi connectivity index (χ1) is 9.65. The van der Waals surface area contributed by atoms with Crippen LogP contribution in [0.1, 0.15) is 19.8 Å². The van der Waals surface area contributed by atoms with Gasteiger partial charge in [0.1, 0.15) is 5.15 Å². The molecular weight excluding hydrogens is 344 g/mol. The van der Waals surface area contributed by atoms with Crippen molar-refractivity contribution in [2.24, 2.45) is 0 Å². The van der Waals surface area contributed by atoms with Crippen molar-refractivity contribution in [3.05, 3.63) is 15.7 Å². The number of oxazole rings is 1. The topological polar surface area (TPSA) is 54.2 Å². The van der Waals surface area contributed by atoms with Gasteiger partial charge in [0.2, 0.25) is 5.65 Å². The molecule has 0 aromatic carbocycles. The fourth-order valence-electron chi connectivity index (χ4n) is 2.52. The number of halogens is 2. The summed E-state index contributed by atoms with van der Waals surface area (Å²) in [4.78, 5) is 11.0. The first-order valence-electron chi connectivity index (χ1n) is 6.77. The van der Waals surface area contributed by atoms with Crippen LogP contribution in [0.2, 0.25) is 5.15 Å². The number of hydrogen-bond donors (Lipinski definition) is 1. The predicted molar refractivity (Wildman–Crippen MR) is 83.3 cm³/mol. The second kappa shape index (κ2) is 5.87. The zero-order chi connectivity index (χ0) is 14.1. The number of likely N-dealkylation sites (N-methyl/N-ethyl adjacent to an activating group) is 1. The summed E-state index contributed by atoms with van der Waals surface area (Å²) in [6, 6.07) is 2.68. The minimum absolute atomic E-state index is 0.371. The van der Waals surface area contributed by atoms with Gasteiger partial charge in [0.25, 0.3) is 6.01 Å². The van der Waals surface area contributed by atoms with E-state index in [4.69, 9.17) is 16.0 Å². The van der Waals surface area contributed by atoms with E-state index in [0.717, 1.165) is 19.5 Å². The summed E-state index contributed by atoms with van der Waals surface area (Å²) in [5.74, 6) is 0. The molecule has 0 unspecified atom stereocenters. The Balaban J connectivity index is 1.77. The van der Waals surface area contributed by atoms with Gasteiger partial charge >= 0.3 is 0 Å². The molecule has 0 amide bonds. The first-order valence-corrected chi connectivity index (χ1v) is 7.94. The lowest BCUT2D eigenvalue weighted by atomic mass is 10.1. The molecular formula is C13H16BrClN4O. The van der Waals surface area contributed by atoms with E-state index in [-0.39, 0.29) is 0 Å². The van der Waals surface area contributed by atoms with Gasteiger partial charge in [-0.15, -0.1) is 0 Å². The Bertz CT molecular complexity index is 579. The molecule has 20 heavy (non-hydrogen) atoms. The Hall–Kier alpha value is -0.850. The van der Waals surface area contributed by atoms with E-state index < -0.39 is 0 Å². The maximum absolute atomic E-state index is 5.96. The van der Waals surface area contributed by atoms with E-state index in [1.807, 2.05) is 0 Å². The maximum Gasteiger partial charge on any atom is 0.297 e. The molecule has 2 aromatic heterocycles. The molecule has 3 rings (SSSR count). The molecule has 0 saturated carbocycles. The molecule has 0 bridgehead atoms. The number of nitrogens with one attached hydrogen (secondary N) is 1. The molecule has 0 aliphatic carbocycles. The lowest BCUT2D eigenvalue weighted by molar-refractivity contribution is 0.225. The monoisotopic (exact) mass is 358 g/mol. The summed E-state index contributed by atoms with van der Waals surface area (Å²) in [7, 11) is 0. The number of piperidine rings is 1. The van der Waals surface area contributed by atoms with E-state index in [0.29, 0.717) is 32.9 Å². The summed E-state index contributed by atoms with van der Waals surface area (Å²) in [5.41, 5.74) is 1.16. The second-order valence-corrected chi connectivity index (χ2v) is 6.19. The largest absolute Gasteiger partial charge is 0.422 e. The van der Waals surface area contributed by atoms with E-state index in [1.54, 1.807) is 6.07 Å². The minimum atomic E-state index is 0.371. The summed E-state index contributed by atoms with van der Waals surface area (Å²) < 4.78 is 6.40. The number of pyridine rings is 1. The molecule has 1 N–H and O–H groups in total. The number of likely N-dealkylation sites (tertiary alicyclic amines) is 1. The number of hydrogen-bond acceptors (Lipinski definition) is 5. The zero-order valence-corrected chi connectivity index (χ0v) is 13.5. The van der Waals surface area contributed by atoms with Gasteiger partial charge in [0, 0.05) is 18.7 Å². The first kappa shape index (κ1) is 14.1. The Kier molecular flexibility index (Phi) is 4.14. The van der Waals surface area contributed by atoms with Crippen molar-refractivity contribution >= 4 is 44.8 Å². The minimum Gasteiger partial charge on any atom is -0.422 e. The Morgan fingerprint density at radius 1 is 1.55 bits per heavy atom. The highest BCUT2D eigenvalue weighted by molar-refractivity contribution is 9.10. The third-order valence-electron chi connectivity index (χ3n) is 3.57. The second-order valence-electron chi connectivity index (χ2n) is 4.98. The number of anilines is 1. The van der Waals surface area contributed by atoms with Gasteiger partial charge in [-0.3, -0.25) is 0 Å². The van der Waals surface area contributed by atoms with Crippen LogP contribution >= 0.6 is 27.5 Å². The number of fused-ring (bicyclic) bond motifs is 1. The summed E-state index contributed by atoms with van der Waals surface area (Å²) in [6.45, 7) is 5.46. The third kappa shape index (κ3) is 2.92. The maximum atomic E-state index is 5.96. The van der Waals surface area contributed by atoms with Crippen LogP contribution in [0.3, 0.4) is 0 Å². The van der Waals surface area contributed by atoms with Gasteiger partial charge in [-0.1, -0.05) is 18.5 Å². The van der Waals surface area contributed by atoms with Crippen molar-refractivity contribution in [3.63, 3.8) is 0 Å². The highest BCUT2D eigenvalue weighted by atomic mass is 79.9. The molecule has 1 aliphatic rings. The standard InChI is InChI=1S/C13H16BrClN4O/c1-2-19-5-3-4-8(7-19)16-13-18-12-10(20-13)6-9(14)11(15)17-12/h6,8H,2-5,7H2,1H3,(H,16,17,18)/t8-/m1/s1. The Labute approximate surface area is 130 Å². The SMILES string of the molecule is CCN1CCC[C@@H](Nc2nc3nc(Cl)c(Br)cc3o2)C1. The van der Waals surface area contributed by atoms with Crippen LogP contribution in [0.5, 0.6) is 0 Å². The van der Waals surface area contributed by atoms with Gasteiger partial charge in [-0.25, -0.2) is 4.98 Å². The van der Waals surface area contributed by atoms with Gasteiger partial charge in [-0.05, 0) is 41.9 Å². The average molecular weight is 360 g/mol. The molecule has 1 aliphatic heterocycles. The zero-order valence-electron chi connectivity index (χ0n) is 11.2. The molecule has 5 nitrogen and oxygen atoms in total. The quantitative estimate of drug-likeness (QED) is 0.850. The van der Waals surface area contributed by atoms with E-state index in [2.05, 4.69) is 43.0 Å². The Morgan fingerprint density at radius 2 is 2.40 bits per heavy atom. The fourth-order valence-corrected chi connectivity index (χ4v) is 2.95. The van der Waals surface area contributed by atoms with Crippen LogP contribution in [-0.2, 0) is 0 Å². The van der Waals surface area contributed by atoms with E-state index >= 15 is 0 Å². The van der Waals surface area contributed by atoms with Crippen LogP contribution < -0.4 is 5.32 Å². The van der Waals surface area contributed by atoms with E-state index in [9.17, 15) is 0 Å². The average Bonchev–Trinajstić information content (AvgIpc) is 2.80. The van der Waals surface area contributed by atoms with Crippen molar-refractivity contribution in [2.75, 3.05) is 25.0 Å². The summed E-state index contributed by atoms with van der Waals surface area (Å²) in [6.07, 6.45) is 2.33. The summed E-state index contributed by atoms with van der Waals surface area (Å²) in [5, 5.41) is 3.75. The smallest absolute Gasteiger partial charge is 0.297 e. The molecule has 1 fully saturated rings. The molecule has 1 atom stereocenters. The van der Waals surface area contributed by atoms with Crippen LogP contribution in [0, 0.1) is 0 Å². The van der Waals surface area contributed by atoms with E-state index in [1.165, 1.54) is 13.0 Å². The molecule has 1 saturated heterocycles. The highest BCUT2D eigenvalue weighted by Gasteiger charge is 2.20. The molecule has 108 valence electrons. The van der Waals surface area contributed by atoms with Crippen LogP contribution in [0.15, 0.2) is 15.0 Å². The van der Waals surface area contributed by atoms with Gasteiger partial charge in [-0.2, -0.15) is 4.98 Å². The van der Waals surface area contributed by atoms with Crippen LogP contribution in [-0.4, -0.2) is 40.5 Å².